The number of esters is 3. The monoisotopic (exact) mass is 1040 g/mol. The molecule has 11 rings (SSSR count). The first-order valence-electron chi connectivity index (χ1n) is 23.6. The molecule has 7 aromatic carbocycles. The Balaban J connectivity index is 1.06. The Morgan fingerprint density at radius 3 is 0.845 bits per heavy atom. The van der Waals surface area contributed by atoms with Gasteiger partial charge < -0.3 is 14.2 Å². The molecule has 4 aliphatic rings. The molecule has 6 nitrogen and oxygen atoms in total. The average molecular weight is 1040 g/mol. The molecule has 0 radical (unpaired) electrons. The highest BCUT2D eigenvalue weighted by atomic mass is 127. The van der Waals surface area contributed by atoms with Gasteiger partial charge >= 0.3 is 17.9 Å². The molecule has 0 aliphatic heterocycles. The number of carbonyl (C=O) groups excluding carboxylic acids is 3. The third-order valence-electron chi connectivity index (χ3n) is 14.9. The standard InChI is InChI=1S/C64H49IO6/c1-69-58(66)50-10-4-7-47(35-50)16-13-44-19-25-53(26-20-44)61-38-62(54-27-21-45(22-28-54)14-17-48-8-5-11-51(36-48)59(67)70-2)40-63(39-61,43-64(41-61,42-62)56-31-33-57(65)34-32-56)55-29-23-46(24-30-55)15-18-49-9-6-12-52(37-49)60(68)71-3/h4-12,19-37H,38-43H2,1-3H3. The van der Waals surface area contributed by atoms with Crippen molar-refractivity contribution in [1.29, 1.82) is 0 Å². The third kappa shape index (κ3) is 9.41. The Morgan fingerprint density at radius 2 is 0.592 bits per heavy atom. The van der Waals surface area contributed by atoms with Crippen molar-refractivity contribution in [1.82, 2.24) is 0 Å². The second-order valence-electron chi connectivity index (χ2n) is 19.4. The summed E-state index contributed by atoms with van der Waals surface area (Å²) in [5.41, 5.74) is 11.1. The fourth-order valence-corrected chi connectivity index (χ4v) is 12.7. The number of rotatable bonds is 7. The summed E-state index contributed by atoms with van der Waals surface area (Å²) >= 11 is 2.41. The van der Waals surface area contributed by atoms with Crippen LogP contribution in [-0.2, 0) is 35.9 Å². The zero-order valence-electron chi connectivity index (χ0n) is 39.7. The van der Waals surface area contributed by atoms with Crippen LogP contribution in [0.1, 0.15) is 125 Å². The maximum atomic E-state index is 12.2. The van der Waals surface area contributed by atoms with E-state index in [1.807, 2.05) is 36.4 Å². The van der Waals surface area contributed by atoms with Gasteiger partial charge in [0.2, 0.25) is 0 Å². The summed E-state index contributed by atoms with van der Waals surface area (Å²) in [6.45, 7) is 0. The number of halogens is 1. The molecule has 0 N–H and O–H groups in total. The quantitative estimate of drug-likeness (QED) is 0.0685. The van der Waals surface area contributed by atoms with Crippen molar-refractivity contribution < 1.29 is 28.6 Å². The molecular weight excluding hydrogens is 992 g/mol. The van der Waals surface area contributed by atoms with Crippen molar-refractivity contribution in [2.24, 2.45) is 0 Å². The van der Waals surface area contributed by atoms with Crippen LogP contribution in [0.15, 0.2) is 170 Å². The van der Waals surface area contributed by atoms with Gasteiger partial charge in [-0.25, -0.2) is 14.4 Å². The molecule has 0 aromatic heterocycles. The Kier molecular flexibility index (Phi) is 12.8. The van der Waals surface area contributed by atoms with Crippen LogP contribution >= 0.6 is 22.6 Å². The molecule has 4 bridgehead atoms. The summed E-state index contributed by atoms with van der Waals surface area (Å²) in [4.78, 5) is 36.7. The molecule has 4 saturated carbocycles. The lowest BCUT2D eigenvalue weighted by molar-refractivity contribution is -0.0691. The highest BCUT2D eigenvalue weighted by Crippen LogP contribution is 2.74. The molecule has 0 atom stereocenters. The van der Waals surface area contributed by atoms with E-state index < -0.39 is 0 Å². The van der Waals surface area contributed by atoms with Crippen LogP contribution in [0.4, 0.5) is 0 Å². The maximum absolute atomic E-state index is 12.2. The molecular formula is C64H49IO6. The van der Waals surface area contributed by atoms with E-state index >= 15 is 0 Å². The first-order chi connectivity index (χ1) is 34.4. The topological polar surface area (TPSA) is 78.9 Å². The molecule has 0 saturated heterocycles. The lowest BCUT2D eigenvalue weighted by Gasteiger charge is -2.71. The van der Waals surface area contributed by atoms with Crippen LogP contribution in [0.25, 0.3) is 0 Å². The third-order valence-corrected chi connectivity index (χ3v) is 15.6. The minimum absolute atomic E-state index is 0.130. The van der Waals surface area contributed by atoms with E-state index in [0.29, 0.717) is 16.7 Å². The summed E-state index contributed by atoms with van der Waals surface area (Å²) in [6, 6.07) is 57.8. The van der Waals surface area contributed by atoms with Gasteiger partial charge in [0, 0.05) is 37.0 Å². The van der Waals surface area contributed by atoms with Gasteiger partial charge in [0.1, 0.15) is 0 Å². The van der Waals surface area contributed by atoms with Crippen molar-refractivity contribution in [3.8, 4) is 35.5 Å². The number of ether oxygens (including phenoxy) is 3. The minimum atomic E-state index is -0.388. The summed E-state index contributed by atoms with van der Waals surface area (Å²) < 4.78 is 16.0. The lowest BCUT2D eigenvalue weighted by Crippen LogP contribution is -2.67. The fourth-order valence-electron chi connectivity index (χ4n) is 12.3. The SMILES string of the molecule is COC(=O)c1cccc(C#Cc2ccc(C34CC5(c6ccc(I)cc6)CC(c6ccc(C#Cc7cccc(C(=O)OC)c7)cc6)(C3)CC(c3ccc(C#Cc6cccc(C(=O)OC)c6)cc3)(C5)C4)cc2)c1. The van der Waals surface area contributed by atoms with Crippen LogP contribution in [0, 0.1) is 39.1 Å². The summed E-state index contributed by atoms with van der Waals surface area (Å²) in [5.74, 6) is 18.7. The van der Waals surface area contributed by atoms with E-state index in [1.54, 1.807) is 36.4 Å². The summed E-state index contributed by atoms with van der Waals surface area (Å²) in [6.07, 6.45) is 6.07. The fraction of sp³-hybridized carbons (Fsp3) is 0.203. The van der Waals surface area contributed by atoms with E-state index in [0.717, 1.165) is 71.9 Å². The van der Waals surface area contributed by atoms with Crippen LogP contribution < -0.4 is 0 Å². The van der Waals surface area contributed by atoms with Crippen molar-refractivity contribution >= 4 is 40.5 Å². The van der Waals surface area contributed by atoms with Gasteiger partial charge in [-0.05, 0) is 208 Å². The van der Waals surface area contributed by atoms with Gasteiger partial charge in [0.05, 0.1) is 38.0 Å². The first kappa shape index (κ1) is 47.1. The molecule has 7 aromatic rings. The number of methoxy groups -OCH3 is 3. The Bertz CT molecular complexity index is 3070. The molecule has 4 fully saturated rings. The van der Waals surface area contributed by atoms with Gasteiger partial charge in [-0.2, -0.15) is 0 Å². The Labute approximate surface area is 429 Å². The minimum Gasteiger partial charge on any atom is -0.465 e. The summed E-state index contributed by atoms with van der Waals surface area (Å²) in [5, 5.41) is 0. The number of benzene rings is 7. The molecule has 0 heterocycles. The van der Waals surface area contributed by atoms with Gasteiger partial charge in [-0.1, -0.05) is 102 Å². The van der Waals surface area contributed by atoms with Crippen molar-refractivity contribution in [3.63, 3.8) is 0 Å². The van der Waals surface area contributed by atoms with E-state index in [9.17, 15) is 14.4 Å². The van der Waals surface area contributed by atoms with Gasteiger partial charge in [-0.3, -0.25) is 0 Å². The predicted octanol–water partition coefficient (Wildman–Crippen LogP) is 12.3. The first-order valence-corrected chi connectivity index (χ1v) is 24.7. The molecule has 348 valence electrons. The van der Waals surface area contributed by atoms with E-state index in [-0.39, 0.29) is 39.6 Å². The normalized spacial score (nSPS) is 21.2. The molecule has 0 unspecified atom stereocenters. The molecule has 71 heavy (non-hydrogen) atoms. The zero-order chi connectivity index (χ0) is 49.2. The van der Waals surface area contributed by atoms with Crippen LogP contribution in [-0.4, -0.2) is 39.2 Å². The lowest BCUT2D eigenvalue weighted by atomic mass is 9.32. The highest BCUT2D eigenvalue weighted by Gasteiger charge is 2.69. The highest BCUT2D eigenvalue weighted by molar-refractivity contribution is 14.1. The number of hydrogen-bond acceptors (Lipinski definition) is 6. The smallest absolute Gasteiger partial charge is 0.337 e. The second kappa shape index (κ2) is 19.3. The Morgan fingerprint density at radius 1 is 0.352 bits per heavy atom. The molecule has 7 heteroatoms. The van der Waals surface area contributed by atoms with Crippen molar-refractivity contribution in [2.45, 2.75) is 60.2 Å². The molecule has 4 aliphatic carbocycles. The Hall–Kier alpha value is -7.64. The zero-order valence-corrected chi connectivity index (χ0v) is 41.9. The average Bonchev–Trinajstić information content (AvgIpc) is 3.41. The summed E-state index contributed by atoms with van der Waals surface area (Å²) in [7, 11) is 4.15. The van der Waals surface area contributed by atoms with E-state index in [4.69, 9.17) is 14.2 Å². The van der Waals surface area contributed by atoms with Crippen molar-refractivity contribution in [2.75, 3.05) is 21.3 Å². The maximum Gasteiger partial charge on any atom is 0.337 e. The van der Waals surface area contributed by atoms with Gasteiger partial charge in [0.25, 0.3) is 0 Å². The largest absolute Gasteiger partial charge is 0.465 e. The molecule has 0 amide bonds. The second-order valence-corrected chi connectivity index (χ2v) is 20.6. The number of carbonyl (C=O) groups is 3. The van der Waals surface area contributed by atoms with E-state index in [2.05, 4.69) is 155 Å². The van der Waals surface area contributed by atoms with Crippen LogP contribution in [0.3, 0.4) is 0 Å². The van der Waals surface area contributed by atoms with Crippen LogP contribution in [0.5, 0.6) is 0 Å². The van der Waals surface area contributed by atoms with Crippen LogP contribution in [0.2, 0.25) is 0 Å². The number of hydrogen-bond donors (Lipinski definition) is 0. The van der Waals surface area contributed by atoms with Gasteiger partial charge in [0.15, 0.2) is 0 Å². The predicted molar refractivity (Wildman–Crippen MR) is 284 cm³/mol. The van der Waals surface area contributed by atoms with E-state index in [1.165, 1.54) is 47.2 Å². The molecule has 0 spiro atoms. The van der Waals surface area contributed by atoms with Crippen molar-refractivity contribution in [3.05, 3.63) is 246 Å². The van der Waals surface area contributed by atoms with Gasteiger partial charge in [-0.15, -0.1) is 0 Å².